The average molecular weight is 375 g/mol. The lowest BCUT2D eigenvalue weighted by Crippen LogP contribution is -2.27. The largest absolute Gasteiger partial charge is 0.347 e. The number of rotatable bonds is 6. The van der Waals surface area contributed by atoms with Gasteiger partial charge in [0.15, 0.2) is 5.69 Å². The summed E-state index contributed by atoms with van der Waals surface area (Å²) in [5.41, 5.74) is 3.09. The summed E-state index contributed by atoms with van der Waals surface area (Å²) >= 11 is 0. The summed E-state index contributed by atoms with van der Waals surface area (Å²) in [6.45, 7) is 1.74. The van der Waals surface area contributed by atoms with Crippen molar-refractivity contribution in [2.24, 2.45) is 0 Å². The SMILES string of the molecule is O=C(NCc1ccccc1CN1CCCC1=O)c1cnn(-c2ccccc2)n1. The Hall–Kier alpha value is -3.48. The molecule has 0 unspecified atom stereocenters. The Kier molecular flexibility index (Phi) is 5.14. The number of nitrogens with zero attached hydrogens (tertiary/aromatic N) is 4. The molecule has 1 N–H and O–H groups in total. The molecule has 0 aliphatic carbocycles. The van der Waals surface area contributed by atoms with E-state index in [2.05, 4.69) is 15.5 Å². The molecule has 3 aromatic rings. The molecular formula is C21H21N5O2. The average Bonchev–Trinajstić information content (AvgIpc) is 3.38. The van der Waals surface area contributed by atoms with Crippen LogP contribution in [-0.2, 0) is 17.9 Å². The van der Waals surface area contributed by atoms with Crippen molar-refractivity contribution in [1.29, 1.82) is 0 Å². The van der Waals surface area contributed by atoms with Gasteiger partial charge in [-0.3, -0.25) is 9.59 Å². The van der Waals surface area contributed by atoms with Crippen LogP contribution >= 0.6 is 0 Å². The van der Waals surface area contributed by atoms with E-state index in [0.29, 0.717) is 19.5 Å². The molecule has 1 aromatic heterocycles. The first-order valence-electron chi connectivity index (χ1n) is 9.31. The third-order valence-electron chi connectivity index (χ3n) is 4.80. The van der Waals surface area contributed by atoms with Crippen LogP contribution in [0.4, 0.5) is 0 Å². The zero-order chi connectivity index (χ0) is 19.3. The van der Waals surface area contributed by atoms with Crippen LogP contribution in [-0.4, -0.2) is 38.3 Å². The molecule has 2 aromatic carbocycles. The third-order valence-corrected chi connectivity index (χ3v) is 4.80. The highest BCUT2D eigenvalue weighted by molar-refractivity contribution is 5.91. The molecule has 7 heteroatoms. The lowest BCUT2D eigenvalue weighted by molar-refractivity contribution is -0.128. The molecule has 2 heterocycles. The summed E-state index contributed by atoms with van der Waals surface area (Å²) in [6.07, 6.45) is 2.99. The van der Waals surface area contributed by atoms with Gasteiger partial charge in [0.25, 0.3) is 5.91 Å². The molecule has 1 aliphatic rings. The Balaban J connectivity index is 1.41. The van der Waals surface area contributed by atoms with Gasteiger partial charge in [-0.1, -0.05) is 42.5 Å². The maximum Gasteiger partial charge on any atom is 0.273 e. The minimum Gasteiger partial charge on any atom is -0.347 e. The van der Waals surface area contributed by atoms with E-state index in [4.69, 9.17) is 0 Å². The highest BCUT2D eigenvalue weighted by Gasteiger charge is 2.21. The van der Waals surface area contributed by atoms with E-state index in [9.17, 15) is 9.59 Å². The van der Waals surface area contributed by atoms with E-state index in [1.54, 1.807) is 0 Å². The summed E-state index contributed by atoms with van der Waals surface area (Å²) in [5, 5.41) is 11.3. The van der Waals surface area contributed by atoms with Crippen molar-refractivity contribution >= 4 is 11.8 Å². The van der Waals surface area contributed by atoms with Gasteiger partial charge in [-0.2, -0.15) is 9.90 Å². The van der Waals surface area contributed by atoms with Crippen LogP contribution in [0.5, 0.6) is 0 Å². The minimum absolute atomic E-state index is 0.191. The first-order valence-corrected chi connectivity index (χ1v) is 9.31. The second-order valence-electron chi connectivity index (χ2n) is 6.73. The highest BCUT2D eigenvalue weighted by Crippen LogP contribution is 2.17. The number of aromatic nitrogens is 3. The molecule has 1 aliphatic heterocycles. The second kappa shape index (κ2) is 8.04. The maximum atomic E-state index is 12.5. The molecule has 0 atom stereocenters. The molecule has 28 heavy (non-hydrogen) atoms. The lowest BCUT2D eigenvalue weighted by Gasteiger charge is -2.18. The molecule has 0 bridgehead atoms. The fourth-order valence-electron chi connectivity index (χ4n) is 3.28. The van der Waals surface area contributed by atoms with Gasteiger partial charge in [0.2, 0.25) is 5.91 Å². The quantitative estimate of drug-likeness (QED) is 0.717. The van der Waals surface area contributed by atoms with Crippen LogP contribution in [0.3, 0.4) is 0 Å². The van der Waals surface area contributed by atoms with Crippen LogP contribution < -0.4 is 5.32 Å². The summed E-state index contributed by atoms with van der Waals surface area (Å²) in [6, 6.07) is 17.3. The van der Waals surface area contributed by atoms with E-state index in [-0.39, 0.29) is 17.5 Å². The Bertz CT molecular complexity index is 983. The number of hydrogen-bond acceptors (Lipinski definition) is 4. The number of carbonyl (C=O) groups is 2. The molecule has 1 saturated heterocycles. The number of amides is 2. The van der Waals surface area contributed by atoms with Gasteiger partial charge in [-0.15, -0.1) is 5.10 Å². The van der Waals surface area contributed by atoms with Crippen molar-refractivity contribution in [2.75, 3.05) is 6.54 Å². The Morgan fingerprint density at radius 3 is 2.54 bits per heavy atom. The van der Waals surface area contributed by atoms with Crippen molar-refractivity contribution in [1.82, 2.24) is 25.2 Å². The van der Waals surface area contributed by atoms with E-state index < -0.39 is 0 Å². The molecule has 0 radical (unpaired) electrons. The Labute approximate surface area is 163 Å². The van der Waals surface area contributed by atoms with Gasteiger partial charge in [-0.05, 0) is 29.7 Å². The summed E-state index contributed by atoms with van der Waals surface area (Å²) < 4.78 is 0. The summed E-state index contributed by atoms with van der Waals surface area (Å²) in [5.74, 6) is -0.0920. The maximum absolute atomic E-state index is 12.5. The molecule has 0 saturated carbocycles. The van der Waals surface area contributed by atoms with Crippen molar-refractivity contribution in [3.8, 4) is 5.69 Å². The number of carbonyl (C=O) groups excluding carboxylic acids is 2. The number of likely N-dealkylation sites (tertiary alicyclic amines) is 1. The first kappa shape index (κ1) is 17.9. The Morgan fingerprint density at radius 2 is 1.79 bits per heavy atom. The standard InChI is InChI=1S/C21H21N5O2/c27-20-11-6-12-25(20)15-17-8-5-4-7-16(17)13-22-21(28)19-14-23-26(24-19)18-9-2-1-3-10-18/h1-5,7-10,14H,6,11-13,15H2,(H,22,28). The minimum atomic E-state index is -0.283. The lowest BCUT2D eigenvalue weighted by atomic mass is 10.1. The van der Waals surface area contributed by atoms with Gasteiger partial charge in [0, 0.05) is 26.1 Å². The van der Waals surface area contributed by atoms with Crippen molar-refractivity contribution in [2.45, 2.75) is 25.9 Å². The van der Waals surface area contributed by atoms with Gasteiger partial charge < -0.3 is 10.2 Å². The fourth-order valence-corrected chi connectivity index (χ4v) is 3.28. The normalized spacial score (nSPS) is 13.7. The molecular weight excluding hydrogens is 354 g/mol. The zero-order valence-corrected chi connectivity index (χ0v) is 15.4. The van der Waals surface area contributed by atoms with E-state index in [0.717, 1.165) is 29.8 Å². The number of nitrogens with one attached hydrogen (secondary N) is 1. The zero-order valence-electron chi connectivity index (χ0n) is 15.4. The Morgan fingerprint density at radius 1 is 1.04 bits per heavy atom. The predicted octanol–water partition coefficient (Wildman–Crippen LogP) is 2.32. The van der Waals surface area contributed by atoms with Gasteiger partial charge >= 0.3 is 0 Å². The molecule has 7 nitrogen and oxygen atoms in total. The van der Waals surface area contributed by atoms with Crippen LogP contribution in [0, 0.1) is 0 Å². The monoisotopic (exact) mass is 375 g/mol. The summed E-state index contributed by atoms with van der Waals surface area (Å²) in [7, 11) is 0. The number of benzene rings is 2. The van der Waals surface area contributed by atoms with Crippen LogP contribution in [0.1, 0.15) is 34.5 Å². The van der Waals surface area contributed by atoms with Crippen LogP contribution in [0.15, 0.2) is 60.8 Å². The second-order valence-corrected chi connectivity index (χ2v) is 6.73. The summed E-state index contributed by atoms with van der Waals surface area (Å²) in [4.78, 5) is 27.7. The van der Waals surface area contributed by atoms with E-state index in [1.807, 2.05) is 59.5 Å². The van der Waals surface area contributed by atoms with Crippen LogP contribution in [0.2, 0.25) is 0 Å². The first-order chi connectivity index (χ1) is 13.7. The van der Waals surface area contributed by atoms with Gasteiger partial charge in [0.05, 0.1) is 11.9 Å². The predicted molar refractivity (Wildman–Crippen MR) is 104 cm³/mol. The molecule has 1 fully saturated rings. The van der Waals surface area contributed by atoms with E-state index in [1.165, 1.54) is 11.0 Å². The smallest absolute Gasteiger partial charge is 0.273 e. The van der Waals surface area contributed by atoms with Crippen molar-refractivity contribution in [3.05, 3.63) is 77.6 Å². The topological polar surface area (TPSA) is 80.1 Å². The molecule has 142 valence electrons. The van der Waals surface area contributed by atoms with Crippen LogP contribution in [0.25, 0.3) is 5.69 Å². The van der Waals surface area contributed by atoms with Gasteiger partial charge in [0.1, 0.15) is 0 Å². The van der Waals surface area contributed by atoms with E-state index >= 15 is 0 Å². The molecule has 4 rings (SSSR count). The van der Waals surface area contributed by atoms with Crippen molar-refractivity contribution in [3.63, 3.8) is 0 Å². The molecule has 0 spiro atoms. The van der Waals surface area contributed by atoms with Gasteiger partial charge in [-0.25, -0.2) is 0 Å². The third kappa shape index (κ3) is 3.93. The fraction of sp³-hybridized carbons (Fsp3) is 0.238. The highest BCUT2D eigenvalue weighted by atomic mass is 16.2. The number of hydrogen-bond donors (Lipinski definition) is 1. The molecule has 2 amide bonds. The number of para-hydroxylation sites is 1. The van der Waals surface area contributed by atoms with Crippen molar-refractivity contribution < 1.29 is 9.59 Å².